The number of halogens is 4. The van der Waals surface area contributed by atoms with Gasteiger partial charge in [-0.15, -0.1) is 13.2 Å². The van der Waals surface area contributed by atoms with Gasteiger partial charge in [0.1, 0.15) is 11.5 Å². The molecule has 1 unspecified atom stereocenters. The van der Waals surface area contributed by atoms with E-state index in [0.717, 1.165) is 12.1 Å². The quantitative estimate of drug-likeness (QED) is 0.601. The minimum absolute atomic E-state index is 0.0700. The molecule has 0 amide bonds. The van der Waals surface area contributed by atoms with E-state index in [-0.39, 0.29) is 23.7 Å². The molecule has 0 heterocycles. The molecule has 3 nitrogen and oxygen atoms in total. The zero-order valence-electron chi connectivity index (χ0n) is 10.3. The Kier molecular flexibility index (Phi) is 5.22. The number of rotatable bonds is 5. The maximum atomic E-state index is 12.1. The van der Waals surface area contributed by atoms with Crippen LogP contribution in [0.15, 0.2) is 18.2 Å². The third-order valence-electron chi connectivity index (χ3n) is 2.11. The molecule has 1 aromatic carbocycles. The van der Waals surface area contributed by atoms with Gasteiger partial charge in [-0.05, 0) is 26.0 Å². The van der Waals surface area contributed by atoms with Crippen LogP contribution in [0.5, 0.6) is 11.5 Å². The van der Waals surface area contributed by atoms with Crippen LogP contribution in [-0.2, 0) is 0 Å². The zero-order chi connectivity index (χ0) is 14.6. The van der Waals surface area contributed by atoms with Crippen LogP contribution in [0, 0.1) is 0 Å². The molecule has 0 radical (unpaired) electrons. The molecule has 7 heteroatoms. The van der Waals surface area contributed by atoms with Crippen molar-refractivity contribution in [2.75, 3.05) is 6.61 Å². The Morgan fingerprint density at radius 2 is 2.05 bits per heavy atom. The van der Waals surface area contributed by atoms with Crippen molar-refractivity contribution in [2.45, 2.75) is 25.0 Å². The summed E-state index contributed by atoms with van der Waals surface area (Å²) in [6.45, 7) is 3.52. The molecule has 1 aromatic rings. The smallest absolute Gasteiger partial charge is 0.493 e. The summed E-state index contributed by atoms with van der Waals surface area (Å²) in [4.78, 5) is 11.4. The highest BCUT2D eigenvalue weighted by Gasteiger charge is 2.31. The lowest BCUT2D eigenvalue weighted by Crippen LogP contribution is -2.18. The summed E-state index contributed by atoms with van der Waals surface area (Å²) in [5.74, 6) is -0.628. The van der Waals surface area contributed by atoms with Crippen molar-refractivity contribution in [1.82, 2.24) is 0 Å². The molecule has 0 saturated heterocycles. The SMILES string of the molecule is CCOc1cc(OC(F)(F)F)ccc1C(=O)C(C)Br. The second-order valence-corrected chi connectivity index (χ2v) is 4.99. The molecule has 0 fully saturated rings. The van der Waals surface area contributed by atoms with Crippen LogP contribution in [0.4, 0.5) is 13.2 Å². The van der Waals surface area contributed by atoms with Gasteiger partial charge in [0.25, 0.3) is 0 Å². The van der Waals surface area contributed by atoms with Gasteiger partial charge in [0.15, 0.2) is 5.78 Å². The lowest BCUT2D eigenvalue weighted by atomic mass is 10.1. The van der Waals surface area contributed by atoms with Gasteiger partial charge in [0, 0.05) is 6.07 Å². The standard InChI is InChI=1S/C12H12BrF3O3/c1-3-18-10-6-8(19-12(14,15)16)4-5-9(10)11(17)7(2)13/h4-7H,3H2,1-2H3. The van der Waals surface area contributed by atoms with Crippen LogP contribution in [-0.4, -0.2) is 23.6 Å². The Balaban J connectivity index is 3.11. The monoisotopic (exact) mass is 340 g/mol. The van der Waals surface area contributed by atoms with E-state index in [0.29, 0.717) is 0 Å². The molecular formula is C12H12BrF3O3. The Labute approximate surface area is 116 Å². The van der Waals surface area contributed by atoms with Gasteiger partial charge in [-0.3, -0.25) is 4.79 Å². The highest BCUT2D eigenvalue weighted by molar-refractivity contribution is 9.10. The molecule has 19 heavy (non-hydrogen) atoms. The largest absolute Gasteiger partial charge is 0.573 e. The van der Waals surface area contributed by atoms with Crippen molar-refractivity contribution in [3.05, 3.63) is 23.8 Å². The summed E-state index contributed by atoms with van der Waals surface area (Å²) in [5.41, 5.74) is 0.209. The van der Waals surface area contributed by atoms with Crippen LogP contribution in [0.3, 0.4) is 0 Å². The first-order valence-electron chi connectivity index (χ1n) is 5.45. The van der Waals surface area contributed by atoms with Crippen molar-refractivity contribution >= 4 is 21.7 Å². The molecule has 1 rings (SSSR count). The molecule has 0 aliphatic carbocycles. The minimum atomic E-state index is -4.78. The van der Waals surface area contributed by atoms with Crippen LogP contribution < -0.4 is 9.47 Å². The average Bonchev–Trinajstić information content (AvgIpc) is 2.26. The van der Waals surface area contributed by atoms with Crippen molar-refractivity contribution < 1.29 is 27.4 Å². The number of benzene rings is 1. The van der Waals surface area contributed by atoms with E-state index >= 15 is 0 Å². The molecule has 0 bridgehead atoms. The molecule has 0 aromatic heterocycles. The van der Waals surface area contributed by atoms with Crippen molar-refractivity contribution in [3.8, 4) is 11.5 Å². The van der Waals surface area contributed by atoms with Gasteiger partial charge in [0.2, 0.25) is 0 Å². The Morgan fingerprint density at radius 1 is 1.42 bits per heavy atom. The molecule has 1 atom stereocenters. The van der Waals surface area contributed by atoms with Crippen LogP contribution >= 0.6 is 15.9 Å². The van der Waals surface area contributed by atoms with Crippen molar-refractivity contribution in [3.63, 3.8) is 0 Å². The summed E-state index contributed by atoms with van der Waals surface area (Å²) in [6.07, 6.45) is -4.78. The maximum Gasteiger partial charge on any atom is 0.573 e. The van der Waals surface area contributed by atoms with E-state index < -0.39 is 16.9 Å². The third kappa shape index (κ3) is 4.74. The van der Waals surface area contributed by atoms with E-state index in [1.54, 1.807) is 13.8 Å². The van der Waals surface area contributed by atoms with Crippen LogP contribution in [0.25, 0.3) is 0 Å². The van der Waals surface area contributed by atoms with Crippen molar-refractivity contribution in [1.29, 1.82) is 0 Å². The van der Waals surface area contributed by atoms with Crippen molar-refractivity contribution in [2.24, 2.45) is 0 Å². The summed E-state index contributed by atoms with van der Waals surface area (Å²) >= 11 is 3.11. The van der Waals surface area contributed by atoms with E-state index in [2.05, 4.69) is 20.7 Å². The number of Topliss-reactive ketones (excluding diaryl/α,β-unsaturated/α-hetero) is 1. The summed E-state index contributed by atoms with van der Waals surface area (Å²) < 4.78 is 45.3. The fourth-order valence-electron chi connectivity index (χ4n) is 1.39. The molecule has 0 N–H and O–H groups in total. The zero-order valence-corrected chi connectivity index (χ0v) is 11.8. The highest BCUT2D eigenvalue weighted by atomic mass is 79.9. The number of carbonyl (C=O) groups is 1. The molecule has 0 spiro atoms. The average molecular weight is 341 g/mol. The Morgan fingerprint density at radius 3 is 2.53 bits per heavy atom. The molecule has 0 aliphatic rings. The molecule has 0 saturated carbocycles. The number of ketones is 1. The number of hydrogen-bond acceptors (Lipinski definition) is 3. The fraction of sp³-hybridized carbons (Fsp3) is 0.417. The third-order valence-corrected chi connectivity index (χ3v) is 2.53. The van der Waals surface area contributed by atoms with E-state index in [1.165, 1.54) is 6.07 Å². The number of hydrogen-bond donors (Lipinski definition) is 0. The second-order valence-electron chi connectivity index (χ2n) is 3.62. The number of ether oxygens (including phenoxy) is 2. The van der Waals surface area contributed by atoms with Crippen LogP contribution in [0.2, 0.25) is 0 Å². The summed E-state index contributed by atoms with van der Waals surface area (Å²) in [7, 11) is 0. The van der Waals surface area contributed by atoms with E-state index in [9.17, 15) is 18.0 Å². The number of alkyl halides is 4. The van der Waals surface area contributed by atoms with Gasteiger partial charge in [0.05, 0.1) is 17.0 Å². The Hall–Kier alpha value is -1.24. The number of carbonyl (C=O) groups excluding carboxylic acids is 1. The second kappa shape index (κ2) is 6.27. The highest BCUT2D eigenvalue weighted by Crippen LogP contribution is 2.30. The van der Waals surface area contributed by atoms with Gasteiger partial charge >= 0.3 is 6.36 Å². The summed E-state index contributed by atoms with van der Waals surface area (Å²) in [5, 5.41) is 0. The first-order valence-corrected chi connectivity index (χ1v) is 6.37. The van der Waals surface area contributed by atoms with Gasteiger partial charge in [-0.2, -0.15) is 0 Å². The predicted octanol–water partition coefficient (Wildman–Crippen LogP) is 3.95. The topological polar surface area (TPSA) is 35.5 Å². The summed E-state index contributed by atoms with van der Waals surface area (Å²) in [6, 6.07) is 3.39. The van der Waals surface area contributed by atoms with E-state index in [1.807, 2.05) is 0 Å². The first-order chi connectivity index (χ1) is 8.74. The van der Waals surface area contributed by atoms with Gasteiger partial charge < -0.3 is 9.47 Å². The lowest BCUT2D eigenvalue weighted by Gasteiger charge is -2.14. The normalized spacial score (nSPS) is 12.9. The van der Waals surface area contributed by atoms with Gasteiger partial charge in [-0.25, -0.2) is 0 Å². The van der Waals surface area contributed by atoms with Gasteiger partial charge in [-0.1, -0.05) is 15.9 Å². The molecular weight excluding hydrogens is 329 g/mol. The fourth-order valence-corrected chi connectivity index (χ4v) is 1.64. The lowest BCUT2D eigenvalue weighted by molar-refractivity contribution is -0.274. The Bertz CT molecular complexity index is 458. The first kappa shape index (κ1) is 15.8. The van der Waals surface area contributed by atoms with Crippen LogP contribution in [0.1, 0.15) is 24.2 Å². The maximum absolute atomic E-state index is 12.1. The molecule has 106 valence electrons. The van der Waals surface area contributed by atoms with E-state index in [4.69, 9.17) is 4.74 Å². The molecule has 0 aliphatic heterocycles. The minimum Gasteiger partial charge on any atom is -0.493 e. The predicted molar refractivity (Wildman–Crippen MR) is 67.0 cm³/mol.